The lowest BCUT2D eigenvalue weighted by molar-refractivity contribution is 0.147. The molecule has 4 rings (SSSR count). The summed E-state index contributed by atoms with van der Waals surface area (Å²) in [6.45, 7) is 5.87. The molecule has 0 saturated heterocycles. The summed E-state index contributed by atoms with van der Waals surface area (Å²) in [5, 5.41) is 4.74. The highest BCUT2D eigenvalue weighted by Gasteiger charge is 2.24. The molecule has 1 N–H and O–H groups in total. The minimum atomic E-state index is -0.0216. The van der Waals surface area contributed by atoms with Gasteiger partial charge in [0.1, 0.15) is 4.83 Å². The maximum Gasteiger partial charge on any atom is 0.268 e. The Hall–Kier alpha value is -1.93. The van der Waals surface area contributed by atoms with Crippen molar-refractivity contribution in [2.24, 2.45) is 0 Å². The lowest BCUT2D eigenvalue weighted by Crippen LogP contribution is -2.27. The van der Waals surface area contributed by atoms with Crippen molar-refractivity contribution in [2.75, 3.05) is 38.7 Å². The van der Waals surface area contributed by atoms with Gasteiger partial charge in [0.05, 0.1) is 11.1 Å². The molecule has 0 atom stereocenters. The lowest BCUT2D eigenvalue weighted by atomic mass is 10.1. The molecule has 1 aliphatic heterocycles. The van der Waals surface area contributed by atoms with Crippen LogP contribution in [0.3, 0.4) is 0 Å². The van der Waals surface area contributed by atoms with Gasteiger partial charge in [0.25, 0.3) is 5.56 Å². The summed E-state index contributed by atoms with van der Waals surface area (Å²) in [4.78, 5) is 22.8. The number of hydrogen-bond donors (Lipinski definition) is 1. The molecule has 0 saturated carbocycles. The van der Waals surface area contributed by atoms with E-state index in [0.29, 0.717) is 30.7 Å². The second kappa shape index (κ2) is 8.83. The number of nitrogens with zero attached hydrogens (tertiary/aromatic N) is 3. The van der Waals surface area contributed by atoms with Gasteiger partial charge >= 0.3 is 0 Å². The molecule has 3 heterocycles. The fourth-order valence-corrected chi connectivity index (χ4v) is 5.05. The van der Waals surface area contributed by atoms with E-state index in [0.717, 1.165) is 47.4 Å². The van der Waals surface area contributed by atoms with E-state index < -0.39 is 0 Å². The van der Waals surface area contributed by atoms with Gasteiger partial charge < -0.3 is 15.0 Å². The molecule has 3 aromatic rings. The van der Waals surface area contributed by atoms with E-state index in [-0.39, 0.29) is 5.56 Å². The first-order chi connectivity index (χ1) is 14.1. The SMILES string of the molecule is CCOCCCNc1nc2sc3c(c2c(=O)n1-c1ccc(Cl)cc1)CCN(C)C3. The molecule has 0 amide bonds. The van der Waals surface area contributed by atoms with Gasteiger partial charge in [0.2, 0.25) is 5.95 Å². The molecular formula is C21H25ClN4O2S. The van der Waals surface area contributed by atoms with E-state index in [9.17, 15) is 4.79 Å². The molecule has 1 aromatic carbocycles. The van der Waals surface area contributed by atoms with Crippen LogP contribution in [0, 0.1) is 0 Å². The van der Waals surface area contributed by atoms with Crippen molar-refractivity contribution in [3.63, 3.8) is 0 Å². The molecule has 6 nitrogen and oxygen atoms in total. The number of fused-ring (bicyclic) bond motifs is 3. The van der Waals surface area contributed by atoms with Crippen LogP contribution in [0.1, 0.15) is 23.8 Å². The van der Waals surface area contributed by atoms with Crippen molar-refractivity contribution in [3.8, 4) is 5.69 Å². The molecule has 154 valence electrons. The van der Waals surface area contributed by atoms with E-state index in [1.807, 2.05) is 19.1 Å². The maximum absolute atomic E-state index is 13.6. The fourth-order valence-electron chi connectivity index (χ4n) is 3.64. The Balaban J connectivity index is 1.80. The predicted octanol–water partition coefficient (Wildman–Crippen LogP) is 3.93. The van der Waals surface area contributed by atoms with E-state index in [1.54, 1.807) is 28.0 Å². The second-order valence-corrected chi connectivity index (χ2v) is 8.72. The van der Waals surface area contributed by atoms with E-state index in [1.165, 1.54) is 4.88 Å². The van der Waals surface area contributed by atoms with E-state index in [4.69, 9.17) is 21.3 Å². The summed E-state index contributed by atoms with van der Waals surface area (Å²) in [6.07, 6.45) is 1.72. The highest BCUT2D eigenvalue weighted by Crippen LogP contribution is 2.33. The van der Waals surface area contributed by atoms with Gasteiger partial charge in [-0.3, -0.25) is 4.79 Å². The number of hydrogen-bond acceptors (Lipinski definition) is 6. The van der Waals surface area contributed by atoms with Crippen LogP contribution in [0.4, 0.5) is 5.95 Å². The minimum Gasteiger partial charge on any atom is -0.382 e. The first-order valence-electron chi connectivity index (χ1n) is 9.92. The Labute approximate surface area is 179 Å². The Bertz CT molecular complexity index is 1060. The van der Waals surface area contributed by atoms with Crippen LogP contribution in [0.15, 0.2) is 29.1 Å². The second-order valence-electron chi connectivity index (χ2n) is 7.20. The number of likely N-dealkylation sites (N-methyl/N-ethyl adjacent to an activating group) is 1. The summed E-state index contributed by atoms with van der Waals surface area (Å²) in [6, 6.07) is 7.30. The van der Waals surface area contributed by atoms with Crippen LogP contribution in [0.25, 0.3) is 15.9 Å². The summed E-state index contributed by atoms with van der Waals surface area (Å²) in [5.74, 6) is 0.563. The molecule has 0 fully saturated rings. The Kier molecular flexibility index (Phi) is 6.20. The van der Waals surface area contributed by atoms with Crippen LogP contribution < -0.4 is 10.9 Å². The lowest BCUT2D eigenvalue weighted by Gasteiger charge is -2.21. The fraction of sp³-hybridized carbons (Fsp3) is 0.429. The molecule has 29 heavy (non-hydrogen) atoms. The van der Waals surface area contributed by atoms with Crippen molar-refractivity contribution in [1.82, 2.24) is 14.5 Å². The number of aromatic nitrogens is 2. The van der Waals surface area contributed by atoms with Crippen LogP contribution in [0.2, 0.25) is 5.02 Å². The van der Waals surface area contributed by atoms with E-state index >= 15 is 0 Å². The summed E-state index contributed by atoms with van der Waals surface area (Å²) in [7, 11) is 2.11. The van der Waals surface area contributed by atoms with Gasteiger partial charge in [-0.1, -0.05) is 11.6 Å². The summed E-state index contributed by atoms with van der Waals surface area (Å²) < 4.78 is 7.08. The Morgan fingerprint density at radius 3 is 2.86 bits per heavy atom. The molecule has 0 spiro atoms. The zero-order valence-corrected chi connectivity index (χ0v) is 18.3. The van der Waals surface area contributed by atoms with Crippen molar-refractivity contribution < 1.29 is 4.74 Å². The van der Waals surface area contributed by atoms with Gasteiger partial charge in [0, 0.05) is 42.7 Å². The molecule has 2 aromatic heterocycles. The first kappa shape index (κ1) is 20.3. The summed E-state index contributed by atoms with van der Waals surface area (Å²) >= 11 is 7.69. The zero-order valence-electron chi connectivity index (χ0n) is 16.7. The topological polar surface area (TPSA) is 59.4 Å². The first-order valence-corrected chi connectivity index (χ1v) is 11.1. The Morgan fingerprint density at radius 1 is 1.31 bits per heavy atom. The third kappa shape index (κ3) is 4.19. The normalized spacial score (nSPS) is 14.3. The third-order valence-corrected chi connectivity index (χ3v) is 6.47. The quantitative estimate of drug-likeness (QED) is 0.573. The zero-order chi connectivity index (χ0) is 20.4. The van der Waals surface area contributed by atoms with E-state index in [2.05, 4.69) is 17.3 Å². The molecule has 0 unspecified atom stereocenters. The highest BCUT2D eigenvalue weighted by molar-refractivity contribution is 7.18. The standard InChI is InChI=1S/C21H25ClN4O2S/c1-3-28-12-4-10-23-21-24-19-18(16-9-11-25(2)13-17(16)29-19)20(27)26(21)15-7-5-14(22)6-8-15/h5-8H,3-4,9-13H2,1-2H3,(H,23,24). The van der Waals surface area contributed by atoms with Crippen LogP contribution in [0.5, 0.6) is 0 Å². The van der Waals surface area contributed by atoms with Crippen LogP contribution in [-0.2, 0) is 17.7 Å². The van der Waals surface area contributed by atoms with Crippen molar-refractivity contribution in [2.45, 2.75) is 26.3 Å². The van der Waals surface area contributed by atoms with Gasteiger partial charge in [-0.05, 0) is 56.6 Å². The van der Waals surface area contributed by atoms with Gasteiger partial charge in [0.15, 0.2) is 0 Å². The van der Waals surface area contributed by atoms with Crippen LogP contribution >= 0.6 is 22.9 Å². The highest BCUT2D eigenvalue weighted by atomic mass is 35.5. The Morgan fingerprint density at radius 2 is 2.10 bits per heavy atom. The van der Waals surface area contributed by atoms with Crippen LogP contribution in [-0.4, -0.2) is 47.8 Å². The molecule has 8 heteroatoms. The molecule has 0 bridgehead atoms. The number of rotatable bonds is 7. The molecular weight excluding hydrogens is 408 g/mol. The maximum atomic E-state index is 13.6. The molecule has 0 radical (unpaired) electrons. The van der Waals surface area contributed by atoms with Crippen molar-refractivity contribution >= 4 is 39.1 Å². The van der Waals surface area contributed by atoms with Crippen molar-refractivity contribution in [3.05, 3.63) is 50.1 Å². The smallest absolute Gasteiger partial charge is 0.268 e. The van der Waals surface area contributed by atoms with Gasteiger partial charge in [-0.15, -0.1) is 11.3 Å². The number of halogens is 1. The third-order valence-electron chi connectivity index (χ3n) is 5.10. The molecule has 0 aliphatic carbocycles. The number of ether oxygens (including phenoxy) is 1. The van der Waals surface area contributed by atoms with Gasteiger partial charge in [-0.25, -0.2) is 9.55 Å². The molecule has 1 aliphatic rings. The minimum absolute atomic E-state index is 0.0216. The average molecular weight is 433 g/mol. The monoisotopic (exact) mass is 432 g/mol. The number of benzene rings is 1. The van der Waals surface area contributed by atoms with Gasteiger partial charge in [-0.2, -0.15) is 0 Å². The number of thiophene rings is 1. The predicted molar refractivity (Wildman–Crippen MR) is 120 cm³/mol. The number of nitrogens with one attached hydrogen (secondary N) is 1. The summed E-state index contributed by atoms with van der Waals surface area (Å²) in [5.41, 5.74) is 1.90. The number of anilines is 1. The average Bonchev–Trinajstić information content (AvgIpc) is 3.06. The van der Waals surface area contributed by atoms with Crippen molar-refractivity contribution in [1.29, 1.82) is 0 Å². The largest absolute Gasteiger partial charge is 0.382 e.